The number of nitrogens with one attached hydrogen (secondary N) is 1. The first kappa shape index (κ1) is 10.8. The largest absolute Gasteiger partial charge is 0.459 e. The highest BCUT2D eigenvalue weighted by Gasteiger charge is 2.11. The highest BCUT2D eigenvalue weighted by molar-refractivity contribution is 7.09. The number of nitrogens with zero attached hydrogens (tertiary/aromatic N) is 2. The van der Waals surface area contributed by atoms with Crippen LogP contribution in [0.5, 0.6) is 0 Å². The fraction of sp³-hybridized carbons (Fsp3) is 0.222. The number of methoxy groups -OCH3 is 1. The summed E-state index contributed by atoms with van der Waals surface area (Å²) in [5.74, 6) is 0.441. The fourth-order valence-corrected chi connectivity index (χ4v) is 1.63. The quantitative estimate of drug-likeness (QED) is 0.875. The predicted molar refractivity (Wildman–Crippen MR) is 57.3 cm³/mol. The minimum atomic E-state index is -0.342. The van der Waals surface area contributed by atoms with Crippen molar-refractivity contribution >= 4 is 22.6 Å². The van der Waals surface area contributed by atoms with Gasteiger partial charge in [0.05, 0.1) is 6.26 Å². The van der Waals surface area contributed by atoms with E-state index in [1.807, 2.05) is 0 Å². The van der Waals surface area contributed by atoms with Crippen LogP contribution < -0.4 is 5.32 Å². The first-order chi connectivity index (χ1) is 7.79. The van der Waals surface area contributed by atoms with Gasteiger partial charge in [-0.3, -0.25) is 10.1 Å². The molecule has 0 unspecified atom stereocenters. The summed E-state index contributed by atoms with van der Waals surface area (Å²) in [5, 5.41) is 3.00. The second-order valence-corrected chi connectivity index (χ2v) is 3.63. The van der Waals surface area contributed by atoms with Gasteiger partial charge in [0.15, 0.2) is 11.6 Å². The molecule has 0 aliphatic carbocycles. The molecule has 0 fully saturated rings. The van der Waals surface area contributed by atoms with E-state index in [1.54, 1.807) is 19.2 Å². The van der Waals surface area contributed by atoms with Gasteiger partial charge in [0.2, 0.25) is 5.13 Å². The monoisotopic (exact) mass is 239 g/mol. The van der Waals surface area contributed by atoms with Crippen molar-refractivity contribution < 1.29 is 13.9 Å². The van der Waals surface area contributed by atoms with Crippen molar-refractivity contribution in [1.29, 1.82) is 0 Å². The second-order valence-electron chi connectivity index (χ2n) is 2.88. The van der Waals surface area contributed by atoms with Gasteiger partial charge in [-0.05, 0) is 12.1 Å². The number of ether oxygens (including phenoxy) is 1. The fourth-order valence-electron chi connectivity index (χ4n) is 1.06. The lowest BCUT2D eigenvalue weighted by atomic mass is 10.4. The molecule has 0 saturated carbocycles. The molecule has 7 heteroatoms. The first-order valence-corrected chi connectivity index (χ1v) is 5.23. The molecule has 16 heavy (non-hydrogen) atoms. The lowest BCUT2D eigenvalue weighted by Gasteiger charge is -1.95. The summed E-state index contributed by atoms with van der Waals surface area (Å²) < 4.78 is 13.8. The third-order valence-corrected chi connectivity index (χ3v) is 2.38. The number of amides is 1. The van der Waals surface area contributed by atoms with Crippen LogP contribution in [-0.2, 0) is 11.3 Å². The van der Waals surface area contributed by atoms with E-state index >= 15 is 0 Å². The molecule has 0 spiro atoms. The summed E-state index contributed by atoms with van der Waals surface area (Å²) >= 11 is 1.10. The van der Waals surface area contributed by atoms with Gasteiger partial charge in [-0.25, -0.2) is 4.98 Å². The molecule has 0 aliphatic heterocycles. The number of rotatable bonds is 4. The molecule has 2 aromatic rings. The Kier molecular flexibility index (Phi) is 3.28. The molecule has 6 nitrogen and oxygen atoms in total. The summed E-state index contributed by atoms with van der Waals surface area (Å²) in [6.07, 6.45) is 1.44. The standard InChI is InChI=1S/C9H9N3O3S/c1-14-5-7-10-9(16-12-7)11-8(13)6-3-2-4-15-6/h2-4H,5H2,1H3,(H,10,11,12,13). The zero-order chi connectivity index (χ0) is 11.4. The SMILES string of the molecule is COCc1nsc(NC(=O)c2ccco2)n1. The maximum Gasteiger partial charge on any atom is 0.293 e. The molecule has 2 heterocycles. The Morgan fingerprint density at radius 3 is 3.25 bits per heavy atom. The molecule has 2 rings (SSSR count). The summed E-state index contributed by atoms with van der Waals surface area (Å²) in [4.78, 5) is 15.6. The van der Waals surface area contributed by atoms with Crippen molar-refractivity contribution in [2.75, 3.05) is 12.4 Å². The summed E-state index contributed by atoms with van der Waals surface area (Å²) in [6, 6.07) is 3.22. The molecular weight excluding hydrogens is 230 g/mol. The minimum absolute atomic E-state index is 0.239. The zero-order valence-corrected chi connectivity index (χ0v) is 9.28. The third-order valence-electron chi connectivity index (χ3n) is 1.71. The van der Waals surface area contributed by atoms with E-state index in [4.69, 9.17) is 9.15 Å². The Bertz CT molecular complexity index is 466. The van der Waals surface area contributed by atoms with Gasteiger partial charge < -0.3 is 9.15 Å². The van der Waals surface area contributed by atoms with Crippen molar-refractivity contribution in [2.24, 2.45) is 0 Å². The van der Waals surface area contributed by atoms with Gasteiger partial charge in [-0.1, -0.05) is 0 Å². The molecular formula is C9H9N3O3S. The molecule has 0 bridgehead atoms. The normalized spacial score (nSPS) is 10.3. The maximum absolute atomic E-state index is 11.5. The molecule has 0 radical (unpaired) electrons. The van der Waals surface area contributed by atoms with Gasteiger partial charge in [0, 0.05) is 18.6 Å². The Labute approximate surface area is 95.4 Å². The first-order valence-electron chi connectivity index (χ1n) is 4.46. The number of carbonyl (C=O) groups is 1. The number of hydrogen-bond donors (Lipinski definition) is 1. The average Bonchev–Trinajstić information content (AvgIpc) is 2.89. The summed E-state index contributed by atoms with van der Waals surface area (Å²) in [7, 11) is 1.56. The molecule has 0 saturated heterocycles. The van der Waals surface area contributed by atoms with Crippen LogP contribution >= 0.6 is 11.5 Å². The predicted octanol–water partition coefficient (Wildman–Crippen LogP) is 1.53. The number of furan rings is 1. The van der Waals surface area contributed by atoms with Gasteiger partial charge in [-0.15, -0.1) is 0 Å². The van der Waals surface area contributed by atoms with E-state index in [1.165, 1.54) is 6.26 Å². The second kappa shape index (κ2) is 4.86. The third kappa shape index (κ3) is 2.44. The van der Waals surface area contributed by atoms with E-state index in [9.17, 15) is 4.79 Å². The minimum Gasteiger partial charge on any atom is -0.459 e. The maximum atomic E-state index is 11.5. The summed E-state index contributed by atoms with van der Waals surface area (Å²) in [6.45, 7) is 0.327. The molecule has 0 aliphatic rings. The van der Waals surface area contributed by atoms with Crippen LogP contribution in [0.4, 0.5) is 5.13 Å². The van der Waals surface area contributed by atoms with Crippen LogP contribution in [0.15, 0.2) is 22.8 Å². The lowest BCUT2D eigenvalue weighted by molar-refractivity contribution is 0.0996. The number of hydrogen-bond acceptors (Lipinski definition) is 6. The van der Waals surface area contributed by atoms with Gasteiger partial charge in [0.1, 0.15) is 6.61 Å². The number of aromatic nitrogens is 2. The zero-order valence-electron chi connectivity index (χ0n) is 8.47. The Morgan fingerprint density at radius 1 is 1.69 bits per heavy atom. The molecule has 1 N–H and O–H groups in total. The highest BCUT2D eigenvalue weighted by Crippen LogP contribution is 2.13. The smallest absolute Gasteiger partial charge is 0.293 e. The van der Waals surface area contributed by atoms with Crippen molar-refractivity contribution in [3.05, 3.63) is 30.0 Å². The van der Waals surface area contributed by atoms with E-state index in [0.717, 1.165) is 11.5 Å². The summed E-state index contributed by atoms with van der Waals surface area (Å²) in [5.41, 5.74) is 0. The van der Waals surface area contributed by atoms with Crippen molar-refractivity contribution in [3.63, 3.8) is 0 Å². The molecule has 0 atom stereocenters. The van der Waals surface area contributed by atoms with E-state index < -0.39 is 0 Å². The number of carbonyl (C=O) groups excluding carboxylic acids is 1. The van der Waals surface area contributed by atoms with E-state index in [2.05, 4.69) is 14.7 Å². The van der Waals surface area contributed by atoms with Gasteiger partial charge in [0.25, 0.3) is 5.91 Å². The lowest BCUT2D eigenvalue weighted by Crippen LogP contribution is -2.10. The molecule has 84 valence electrons. The molecule has 2 aromatic heterocycles. The van der Waals surface area contributed by atoms with Gasteiger partial charge in [-0.2, -0.15) is 4.37 Å². The highest BCUT2D eigenvalue weighted by atomic mass is 32.1. The van der Waals surface area contributed by atoms with Crippen LogP contribution in [0.2, 0.25) is 0 Å². The van der Waals surface area contributed by atoms with Crippen LogP contribution in [0.25, 0.3) is 0 Å². The topological polar surface area (TPSA) is 77.2 Å². The van der Waals surface area contributed by atoms with Crippen LogP contribution in [0.1, 0.15) is 16.4 Å². The van der Waals surface area contributed by atoms with Crippen molar-refractivity contribution in [1.82, 2.24) is 9.36 Å². The van der Waals surface area contributed by atoms with E-state index in [-0.39, 0.29) is 11.7 Å². The molecule has 1 amide bonds. The van der Waals surface area contributed by atoms with E-state index in [0.29, 0.717) is 17.6 Å². The van der Waals surface area contributed by atoms with Crippen LogP contribution in [0.3, 0.4) is 0 Å². The van der Waals surface area contributed by atoms with Crippen LogP contribution in [0, 0.1) is 0 Å². The molecule has 0 aromatic carbocycles. The van der Waals surface area contributed by atoms with Crippen molar-refractivity contribution in [2.45, 2.75) is 6.61 Å². The Morgan fingerprint density at radius 2 is 2.56 bits per heavy atom. The van der Waals surface area contributed by atoms with Crippen LogP contribution in [-0.4, -0.2) is 22.4 Å². The van der Waals surface area contributed by atoms with Gasteiger partial charge >= 0.3 is 0 Å². The van der Waals surface area contributed by atoms with Crippen molar-refractivity contribution in [3.8, 4) is 0 Å². The number of anilines is 1. The average molecular weight is 239 g/mol. The Hall–Kier alpha value is -1.73. The Balaban J connectivity index is 2.01.